The average Bonchev–Trinajstić information content (AvgIpc) is 3.02. The highest BCUT2D eigenvalue weighted by Gasteiger charge is 2.21. The summed E-state index contributed by atoms with van der Waals surface area (Å²) in [6, 6.07) is 15.6. The zero-order valence-corrected chi connectivity index (χ0v) is 15.9. The summed E-state index contributed by atoms with van der Waals surface area (Å²) >= 11 is 6.06. The van der Waals surface area contributed by atoms with Gasteiger partial charge in [-0.1, -0.05) is 41.9 Å². The molecular formula is C21H25ClN2O2. The van der Waals surface area contributed by atoms with Crippen molar-refractivity contribution in [1.82, 2.24) is 10.3 Å². The van der Waals surface area contributed by atoms with Crippen LogP contribution in [0.4, 0.5) is 0 Å². The van der Waals surface area contributed by atoms with Gasteiger partial charge < -0.3 is 20.1 Å². The minimum atomic E-state index is -0.617. The van der Waals surface area contributed by atoms with Crippen molar-refractivity contribution in [2.45, 2.75) is 31.9 Å². The maximum atomic E-state index is 10.2. The Bertz CT molecular complexity index is 860. The lowest BCUT2D eigenvalue weighted by atomic mass is 9.94. The van der Waals surface area contributed by atoms with Gasteiger partial charge in [0.15, 0.2) is 0 Å². The van der Waals surface area contributed by atoms with E-state index in [0.29, 0.717) is 17.3 Å². The summed E-state index contributed by atoms with van der Waals surface area (Å²) in [5, 5.41) is 15.5. The molecule has 1 unspecified atom stereocenters. The second-order valence-electron chi connectivity index (χ2n) is 7.20. The molecule has 1 heterocycles. The Morgan fingerprint density at radius 1 is 1.15 bits per heavy atom. The molecule has 0 spiro atoms. The number of aliphatic hydroxyl groups is 1. The highest BCUT2D eigenvalue weighted by atomic mass is 35.5. The molecule has 4 nitrogen and oxygen atoms in total. The number of aromatic amines is 1. The number of H-pyrrole nitrogens is 1. The van der Waals surface area contributed by atoms with Gasteiger partial charge in [-0.25, -0.2) is 0 Å². The molecule has 5 heteroatoms. The molecule has 1 atom stereocenters. The lowest BCUT2D eigenvalue weighted by Crippen LogP contribution is -2.46. The molecule has 138 valence electrons. The van der Waals surface area contributed by atoms with E-state index in [1.807, 2.05) is 18.2 Å². The molecule has 1 aromatic heterocycles. The van der Waals surface area contributed by atoms with E-state index in [4.69, 9.17) is 16.3 Å². The lowest BCUT2D eigenvalue weighted by Gasteiger charge is -2.28. The van der Waals surface area contributed by atoms with E-state index in [0.717, 1.165) is 11.9 Å². The molecule has 0 fully saturated rings. The third-order valence-electron chi connectivity index (χ3n) is 4.39. The van der Waals surface area contributed by atoms with Crippen molar-refractivity contribution in [2.24, 2.45) is 0 Å². The van der Waals surface area contributed by atoms with Crippen LogP contribution in [0.25, 0.3) is 10.9 Å². The first kappa shape index (κ1) is 18.8. The molecule has 0 bridgehead atoms. The number of ether oxygens (including phenoxy) is 1. The van der Waals surface area contributed by atoms with Crippen LogP contribution >= 0.6 is 11.6 Å². The van der Waals surface area contributed by atoms with Crippen molar-refractivity contribution in [2.75, 3.05) is 13.2 Å². The topological polar surface area (TPSA) is 57.3 Å². The van der Waals surface area contributed by atoms with Gasteiger partial charge in [-0.15, -0.1) is 0 Å². The smallest absolute Gasteiger partial charge is 0.138 e. The second kappa shape index (κ2) is 8.12. The fourth-order valence-electron chi connectivity index (χ4n) is 3.02. The number of aromatic nitrogens is 1. The molecule has 0 saturated heterocycles. The SMILES string of the molecule is CC(C)(Cc1c[nH]c2ccccc12)NCC(O)COc1ccccc1Cl. The molecule has 3 N–H and O–H groups in total. The second-order valence-corrected chi connectivity index (χ2v) is 7.60. The van der Waals surface area contributed by atoms with E-state index < -0.39 is 6.10 Å². The molecule has 3 rings (SSSR count). The quantitative estimate of drug-likeness (QED) is 0.556. The van der Waals surface area contributed by atoms with E-state index in [1.165, 1.54) is 10.9 Å². The molecule has 0 radical (unpaired) electrons. The number of para-hydroxylation sites is 2. The first-order valence-corrected chi connectivity index (χ1v) is 9.18. The molecule has 26 heavy (non-hydrogen) atoms. The fourth-order valence-corrected chi connectivity index (χ4v) is 3.21. The van der Waals surface area contributed by atoms with Gasteiger partial charge >= 0.3 is 0 Å². The first-order chi connectivity index (χ1) is 12.4. The summed E-state index contributed by atoms with van der Waals surface area (Å²) in [7, 11) is 0. The number of hydrogen-bond acceptors (Lipinski definition) is 3. The zero-order valence-electron chi connectivity index (χ0n) is 15.1. The van der Waals surface area contributed by atoms with Gasteiger partial charge in [0, 0.05) is 29.2 Å². The van der Waals surface area contributed by atoms with Crippen molar-refractivity contribution in [3.63, 3.8) is 0 Å². The molecule has 2 aromatic carbocycles. The number of nitrogens with one attached hydrogen (secondary N) is 2. The first-order valence-electron chi connectivity index (χ1n) is 8.80. The van der Waals surface area contributed by atoms with E-state index in [-0.39, 0.29) is 12.1 Å². The summed E-state index contributed by atoms with van der Waals surface area (Å²) in [6.07, 6.45) is 2.30. The Morgan fingerprint density at radius 3 is 2.69 bits per heavy atom. The molecule has 0 aliphatic heterocycles. The number of hydrogen-bond donors (Lipinski definition) is 3. The number of halogens is 1. The summed E-state index contributed by atoms with van der Waals surface area (Å²) in [4.78, 5) is 3.31. The minimum absolute atomic E-state index is 0.156. The van der Waals surface area contributed by atoms with Crippen LogP contribution in [0.5, 0.6) is 5.75 Å². The van der Waals surface area contributed by atoms with Crippen molar-refractivity contribution >= 4 is 22.5 Å². The van der Waals surface area contributed by atoms with Crippen LogP contribution in [-0.2, 0) is 6.42 Å². The van der Waals surface area contributed by atoms with Gasteiger partial charge in [0.05, 0.1) is 5.02 Å². The predicted octanol–water partition coefficient (Wildman–Crippen LogP) is 4.17. The van der Waals surface area contributed by atoms with E-state index in [2.05, 4.69) is 48.5 Å². The van der Waals surface area contributed by atoms with Crippen LogP contribution in [0.3, 0.4) is 0 Å². The highest BCUT2D eigenvalue weighted by molar-refractivity contribution is 6.32. The number of benzene rings is 2. The van der Waals surface area contributed by atoms with E-state index in [9.17, 15) is 5.11 Å². The fraction of sp³-hybridized carbons (Fsp3) is 0.333. The van der Waals surface area contributed by atoms with Crippen molar-refractivity contribution < 1.29 is 9.84 Å². The Hall–Kier alpha value is -2.01. The Balaban J connectivity index is 1.52. The van der Waals surface area contributed by atoms with Crippen molar-refractivity contribution in [3.8, 4) is 5.75 Å². The van der Waals surface area contributed by atoms with Crippen LogP contribution in [0.2, 0.25) is 5.02 Å². The average molecular weight is 373 g/mol. The Kier molecular flexibility index (Phi) is 5.87. The van der Waals surface area contributed by atoms with Gasteiger partial charge in [0.2, 0.25) is 0 Å². The number of rotatable bonds is 8. The molecule has 0 amide bonds. The lowest BCUT2D eigenvalue weighted by molar-refractivity contribution is 0.0989. The Morgan fingerprint density at radius 2 is 1.88 bits per heavy atom. The van der Waals surface area contributed by atoms with Crippen molar-refractivity contribution in [3.05, 3.63) is 65.3 Å². The predicted molar refractivity (Wildman–Crippen MR) is 107 cm³/mol. The zero-order chi connectivity index (χ0) is 18.6. The molecular weight excluding hydrogens is 348 g/mol. The largest absolute Gasteiger partial charge is 0.489 e. The van der Waals surface area contributed by atoms with Crippen LogP contribution in [0, 0.1) is 0 Å². The number of fused-ring (bicyclic) bond motifs is 1. The normalized spacial score (nSPS) is 13.1. The third-order valence-corrected chi connectivity index (χ3v) is 4.70. The summed E-state index contributed by atoms with van der Waals surface area (Å²) in [5.41, 5.74) is 2.25. The molecule has 0 aliphatic carbocycles. The summed E-state index contributed by atoms with van der Waals surface area (Å²) in [5.74, 6) is 0.589. The standard InChI is InChI=1S/C21H25ClN2O2/c1-21(2,11-15-12-23-19-9-5-3-7-17(15)19)24-13-16(25)14-26-20-10-6-4-8-18(20)22/h3-10,12,16,23-25H,11,13-14H2,1-2H3. The van der Waals surface area contributed by atoms with Crippen molar-refractivity contribution in [1.29, 1.82) is 0 Å². The molecule has 0 aliphatic rings. The molecule has 3 aromatic rings. The van der Waals surface area contributed by atoms with E-state index in [1.54, 1.807) is 12.1 Å². The monoisotopic (exact) mass is 372 g/mol. The van der Waals surface area contributed by atoms with E-state index >= 15 is 0 Å². The maximum Gasteiger partial charge on any atom is 0.138 e. The van der Waals surface area contributed by atoms with Gasteiger partial charge in [0.25, 0.3) is 0 Å². The van der Waals surface area contributed by atoms with Gasteiger partial charge in [-0.3, -0.25) is 0 Å². The number of aliphatic hydroxyl groups excluding tert-OH is 1. The van der Waals surface area contributed by atoms with Gasteiger partial charge in [-0.05, 0) is 44.0 Å². The van der Waals surface area contributed by atoms with Gasteiger partial charge in [-0.2, -0.15) is 0 Å². The third kappa shape index (κ3) is 4.79. The maximum absolute atomic E-state index is 10.2. The Labute approximate surface area is 159 Å². The van der Waals surface area contributed by atoms with Crippen LogP contribution in [0.1, 0.15) is 19.4 Å². The summed E-state index contributed by atoms with van der Waals surface area (Å²) < 4.78 is 5.60. The summed E-state index contributed by atoms with van der Waals surface area (Å²) in [6.45, 7) is 4.91. The van der Waals surface area contributed by atoms with Crippen LogP contribution in [-0.4, -0.2) is 34.9 Å². The highest BCUT2D eigenvalue weighted by Crippen LogP contribution is 2.24. The van der Waals surface area contributed by atoms with Gasteiger partial charge in [0.1, 0.15) is 18.5 Å². The number of β-amino-alcohol motifs (C(OH)–C–C–N with tert-alkyl or cyclic N) is 1. The minimum Gasteiger partial charge on any atom is -0.489 e. The van der Waals surface area contributed by atoms with Crippen LogP contribution in [0.15, 0.2) is 54.7 Å². The van der Waals surface area contributed by atoms with Crippen LogP contribution < -0.4 is 10.1 Å². The molecule has 0 saturated carbocycles.